The lowest BCUT2D eigenvalue weighted by molar-refractivity contribution is 0.0506. The van der Waals surface area contributed by atoms with Gasteiger partial charge in [0.15, 0.2) is 13.1 Å². The van der Waals surface area contributed by atoms with Crippen molar-refractivity contribution in [2.75, 3.05) is 21.0 Å². The Morgan fingerprint density at radius 2 is 1.94 bits per heavy atom. The number of hydrogen-bond acceptors (Lipinski definition) is 4. The van der Waals surface area contributed by atoms with Crippen molar-refractivity contribution in [1.29, 1.82) is 0 Å². The highest BCUT2D eigenvalue weighted by Crippen LogP contribution is 2.28. The van der Waals surface area contributed by atoms with E-state index in [1.165, 1.54) is 7.11 Å². The number of hydrogen-bond donors (Lipinski definition) is 0. The molecule has 0 aliphatic rings. The first kappa shape index (κ1) is 12.4. The molecule has 0 unspecified atom stereocenters. The SMILES string of the molecule is COCOc1cc2cc(OC)ccc2cc1C=O. The Balaban J connectivity index is 2.50. The molecule has 0 N–H and O–H groups in total. The Labute approximate surface area is 105 Å². The highest BCUT2D eigenvalue weighted by atomic mass is 16.7. The molecule has 94 valence electrons. The first-order valence-electron chi connectivity index (χ1n) is 5.47. The van der Waals surface area contributed by atoms with Crippen LogP contribution in [0, 0.1) is 0 Å². The predicted octanol–water partition coefficient (Wildman–Crippen LogP) is 2.64. The molecule has 0 heterocycles. The number of aldehydes is 1. The Morgan fingerprint density at radius 1 is 1.11 bits per heavy atom. The molecule has 18 heavy (non-hydrogen) atoms. The van der Waals surface area contributed by atoms with E-state index < -0.39 is 0 Å². The predicted molar refractivity (Wildman–Crippen MR) is 68.4 cm³/mol. The van der Waals surface area contributed by atoms with Crippen LogP contribution < -0.4 is 9.47 Å². The number of carbonyl (C=O) groups is 1. The van der Waals surface area contributed by atoms with Crippen LogP contribution in [0.2, 0.25) is 0 Å². The lowest BCUT2D eigenvalue weighted by Gasteiger charge is -2.09. The number of carbonyl (C=O) groups excluding carboxylic acids is 1. The molecule has 4 heteroatoms. The second-order valence-electron chi connectivity index (χ2n) is 3.77. The smallest absolute Gasteiger partial charge is 0.188 e. The zero-order valence-electron chi connectivity index (χ0n) is 10.3. The molecule has 0 atom stereocenters. The van der Waals surface area contributed by atoms with Gasteiger partial charge in [-0.25, -0.2) is 0 Å². The Kier molecular flexibility index (Phi) is 3.79. The maximum absolute atomic E-state index is 11.0. The third kappa shape index (κ3) is 2.43. The van der Waals surface area contributed by atoms with Gasteiger partial charge in [0, 0.05) is 7.11 Å². The quantitative estimate of drug-likeness (QED) is 0.601. The normalized spacial score (nSPS) is 10.3. The molecular formula is C14H14O4. The van der Waals surface area contributed by atoms with Crippen molar-refractivity contribution >= 4 is 17.1 Å². The summed E-state index contributed by atoms with van der Waals surface area (Å²) in [5, 5.41) is 1.91. The van der Waals surface area contributed by atoms with Crippen LogP contribution in [0.15, 0.2) is 30.3 Å². The monoisotopic (exact) mass is 246 g/mol. The second-order valence-corrected chi connectivity index (χ2v) is 3.77. The molecule has 0 spiro atoms. The Hall–Kier alpha value is -2.07. The molecule has 2 aromatic rings. The fraction of sp³-hybridized carbons (Fsp3) is 0.214. The van der Waals surface area contributed by atoms with Crippen LogP contribution in [0.1, 0.15) is 10.4 Å². The average Bonchev–Trinajstić information content (AvgIpc) is 2.43. The second kappa shape index (κ2) is 5.51. The van der Waals surface area contributed by atoms with E-state index in [0.29, 0.717) is 11.3 Å². The largest absolute Gasteiger partial charge is 0.497 e. The van der Waals surface area contributed by atoms with Crippen molar-refractivity contribution in [1.82, 2.24) is 0 Å². The third-order valence-corrected chi connectivity index (χ3v) is 2.64. The van der Waals surface area contributed by atoms with Crippen molar-refractivity contribution in [3.8, 4) is 11.5 Å². The van der Waals surface area contributed by atoms with Gasteiger partial charge in [-0.15, -0.1) is 0 Å². The van der Waals surface area contributed by atoms with Gasteiger partial charge in [0.05, 0.1) is 12.7 Å². The molecule has 0 fully saturated rings. The highest BCUT2D eigenvalue weighted by molar-refractivity contribution is 5.92. The van der Waals surface area contributed by atoms with Gasteiger partial charge in [0.2, 0.25) is 0 Å². The number of methoxy groups -OCH3 is 2. The molecule has 4 nitrogen and oxygen atoms in total. The molecule has 2 aromatic carbocycles. The molecule has 2 rings (SSSR count). The summed E-state index contributed by atoms with van der Waals surface area (Å²) in [4.78, 5) is 11.0. The fourth-order valence-electron chi connectivity index (χ4n) is 1.74. The standard InChI is InChI=1S/C14H14O4/c1-16-9-18-14-7-11-6-13(17-2)4-3-10(11)5-12(14)8-15/h3-8H,9H2,1-2H3. The van der Waals surface area contributed by atoms with E-state index in [-0.39, 0.29) is 6.79 Å². The molecular weight excluding hydrogens is 232 g/mol. The molecule has 0 saturated heterocycles. The minimum absolute atomic E-state index is 0.107. The van der Waals surface area contributed by atoms with Gasteiger partial charge in [-0.1, -0.05) is 6.07 Å². The van der Waals surface area contributed by atoms with Gasteiger partial charge in [-0.05, 0) is 35.0 Å². The first-order chi connectivity index (χ1) is 8.78. The summed E-state index contributed by atoms with van der Waals surface area (Å²) in [5.41, 5.74) is 0.504. The minimum atomic E-state index is 0.107. The number of benzene rings is 2. The van der Waals surface area contributed by atoms with Gasteiger partial charge in [-0.3, -0.25) is 4.79 Å². The molecule has 0 radical (unpaired) electrons. The third-order valence-electron chi connectivity index (χ3n) is 2.64. The zero-order chi connectivity index (χ0) is 13.0. The highest BCUT2D eigenvalue weighted by Gasteiger charge is 2.06. The summed E-state index contributed by atoms with van der Waals surface area (Å²) in [6.45, 7) is 0.107. The van der Waals surface area contributed by atoms with Crippen LogP contribution in [0.3, 0.4) is 0 Å². The van der Waals surface area contributed by atoms with Crippen LogP contribution in [-0.4, -0.2) is 27.3 Å². The average molecular weight is 246 g/mol. The molecule has 0 saturated carbocycles. The summed E-state index contributed by atoms with van der Waals surface area (Å²) >= 11 is 0. The van der Waals surface area contributed by atoms with E-state index >= 15 is 0 Å². The van der Waals surface area contributed by atoms with Crippen LogP contribution in [0.4, 0.5) is 0 Å². The van der Waals surface area contributed by atoms with Crippen molar-refractivity contribution in [3.63, 3.8) is 0 Å². The van der Waals surface area contributed by atoms with E-state index in [2.05, 4.69) is 0 Å². The summed E-state index contributed by atoms with van der Waals surface area (Å²) in [6.07, 6.45) is 0.772. The number of rotatable bonds is 5. The molecule has 0 bridgehead atoms. The molecule has 0 aliphatic heterocycles. The fourth-order valence-corrected chi connectivity index (χ4v) is 1.74. The number of ether oxygens (including phenoxy) is 3. The van der Waals surface area contributed by atoms with E-state index in [9.17, 15) is 4.79 Å². The molecule has 0 aliphatic carbocycles. The summed E-state index contributed by atoms with van der Waals surface area (Å²) in [7, 11) is 3.15. The maximum atomic E-state index is 11.0. The van der Waals surface area contributed by atoms with Crippen molar-refractivity contribution in [3.05, 3.63) is 35.9 Å². The maximum Gasteiger partial charge on any atom is 0.188 e. The van der Waals surface area contributed by atoms with E-state index in [0.717, 1.165) is 22.8 Å². The van der Waals surface area contributed by atoms with Crippen LogP contribution in [0.25, 0.3) is 10.8 Å². The van der Waals surface area contributed by atoms with Gasteiger partial charge >= 0.3 is 0 Å². The first-order valence-corrected chi connectivity index (χ1v) is 5.47. The Bertz CT molecular complexity index is 563. The molecule has 0 aromatic heterocycles. The lowest BCUT2D eigenvalue weighted by Crippen LogP contribution is -2.01. The summed E-state index contributed by atoms with van der Waals surface area (Å²) in [5.74, 6) is 1.27. The topological polar surface area (TPSA) is 44.8 Å². The van der Waals surface area contributed by atoms with Crippen LogP contribution in [0.5, 0.6) is 11.5 Å². The van der Waals surface area contributed by atoms with E-state index in [4.69, 9.17) is 14.2 Å². The van der Waals surface area contributed by atoms with Crippen molar-refractivity contribution in [2.24, 2.45) is 0 Å². The van der Waals surface area contributed by atoms with Crippen LogP contribution in [-0.2, 0) is 4.74 Å². The van der Waals surface area contributed by atoms with Crippen molar-refractivity contribution in [2.45, 2.75) is 0 Å². The zero-order valence-corrected chi connectivity index (χ0v) is 10.3. The van der Waals surface area contributed by atoms with E-state index in [1.807, 2.05) is 18.2 Å². The van der Waals surface area contributed by atoms with Crippen LogP contribution >= 0.6 is 0 Å². The lowest BCUT2D eigenvalue weighted by atomic mass is 10.1. The van der Waals surface area contributed by atoms with Gasteiger partial charge in [0.1, 0.15) is 11.5 Å². The van der Waals surface area contributed by atoms with Crippen molar-refractivity contribution < 1.29 is 19.0 Å². The van der Waals surface area contributed by atoms with E-state index in [1.54, 1.807) is 19.2 Å². The van der Waals surface area contributed by atoms with Gasteiger partial charge < -0.3 is 14.2 Å². The number of fused-ring (bicyclic) bond motifs is 1. The summed E-state index contributed by atoms with van der Waals surface area (Å²) in [6, 6.07) is 9.24. The summed E-state index contributed by atoms with van der Waals surface area (Å²) < 4.78 is 15.4. The van der Waals surface area contributed by atoms with Gasteiger partial charge in [-0.2, -0.15) is 0 Å². The Morgan fingerprint density at radius 3 is 2.61 bits per heavy atom. The minimum Gasteiger partial charge on any atom is -0.497 e. The molecule has 0 amide bonds. The van der Waals surface area contributed by atoms with Gasteiger partial charge in [0.25, 0.3) is 0 Å².